The van der Waals surface area contributed by atoms with Crippen LogP contribution in [0.1, 0.15) is 16.7 Å². The van der Waals surface area contributed by atoms with Gasteiger partial charge in [0.25, 0.3) is 0 Å². The van der Waals surface area contributed by atoms with Crippen LogP contribution in [-0.4, -0.2) is 23.0 Å². The Morgan fingerprint density at radius 1 is 0.549 bits per heavy atom. The minimum atomic E-state index is 0.517. The molecule has 0 amide bonds. The van der Waals surface area contributed by atoms with Crippen molar-refractivity contribution in [1.82, 2.24) is 4.57 Å². The highest BCUT2D eigenvalue weighted by atomic mass is 32.1. The Kier molecular flexibility index (Phi) is 7.88. The number of nitrogens with zero attached hydrogens (tertiary/aromatic N) is 4. The first-order valence-electron chi connectivity index (χ1n) is 17.0. The predicted molar refractivity (Wildman–Crippen MR) is 218 cm³/mol. The second-order valence-corrected chi connectivity index (χ2v) is 13.6. The SMILES string of the molecule is C=N/C(=N\C(=N/Cc1ccccc1)c1ccccc1)c1cccc(-c2cccc(-n3c4ccccc4c4c5sc6ccccc6c5ccc43)c2)c1. The number of aromatic nitrogens is 1. The van der Waals surface area contributed by atoms with E-state index in [0.29, 0.717) is 18.2 Å². The molecule has 0 spiro atoms. The highest BCUT2D eigenvalue weighted by molar-refractivity contribution is 7.26. The van der Waals surface area contributed by atoms with Gasteiger partial charge in [-0.05, 0) is 59.8 Å². The normalized spacial score (nSPS) is 12.3. The molecule has 0 aliphatic carbocycles. The van der Waals surface area contributed by atoms with Crippen molar-refractivity contribution in [2.45, 2.75) is 6.54 Å². The Morgan fingerprint density at radius 2 is 1.24 bits per heavy atom. The topological polar surface area (TPSA) is 42.0 Å². The van der Waals surface area contributed by atoms with Crippen LogP contribution in [0.4, 0.5) is 0 Å². The summed E-state index contributed by atoms with van der Waals surface area (Å²) < 4.78 is 5.04. The minimum absolute atomic E-state index is 0.517. The van der Waals surface area contributed by atoms with Crippen molar-refractivity contribution < 1.29 is 0 Å². The van der Waals surface area contributed by atoms with E-state index in [1.165, 1.54) is 42.0 Å². The van der Waals surface area contributed by atoms with Gasteiger partial charge in [0.15, 0.2) is 11.7 Å². The Morgan fingerprint density at radius 3 is 2.06 bits per heavy atom. The van der Waals surface area contributed by atoms with Crippen LogP contribution < -0.4 is 0 Å². The fraction of sp³-hybridized carbons (Fsp3) is 0.0217. The van der Waals surface area contributed by atoms with E-state index in [-0.39, 0.29) is 0 Å². The van der Waals surface area contributed by atoms with Gasteiger partial charge in [-0.3, -0.25) is 4.99 Å². The lowest BCUT2D eigenvalue weighted by molar-refractivity contribution is 1.06. The molecule has 7 aromatic carbocycles. The molecule has 0 N–H and O–H groups in total. The molecule has 4 nitrogen and oxygen atoms in total. The molecule has 51 heavy (non-hydrogen) atoms. The molecule has 9 rings (SSSR count). The van der Waals surface area contributed by atoms with E-state index in [2.05, 4.69) is 132 Å². The fourth-order valence-electron chi connectivity index (χ4n) is 7.00. The van der Waals surface area contributed by atoms with E-state index >= 15 is 0 Å². The van der Waals surface area contributed by atoms with Gasteiger partial charge in [0.05, 0.1) is 17.6 Å². The highest BCUT2D eigenvalue weighted by Gasteiger charge is 2.18. The van der Waals surface area contributed by atoms with Crippen molar-refractivity contribution >= 4 is 71.7 Å². The standard InChI is InChI=1S/C46H32N4S/c1-47-45(49-46(32-16-6-3-7-17-32)48-30-31-14-4-2-5-15-31)35-20-12-18-33(28-35)34-19-13-21-36(29-34)50-40-24-10-8-23-39(40)43-41(50)27-26-38-37-22-9-11-25-42(37)51-44(38)43/h2-29H,1,30H2/b48-46-,49-45-. The lowest BCUT2D eigenvalue weighted by Gasteiger charge is -2.11. The molecular formula is C46H32N4S. The number of rotatable bonds is 6. The van der Waals surface area contributed by atoms with Gasteiger partial charge in [-0.15, -0.1) is 11.3 Å². The summed E-state index contributed by atoms with van der Waals surface area (Å²) >= 11 is 1.88. The maximum Gasteiger partial charge on any atom is 0.161 e. The van der Waals surface area contributed by atoms with Crippen molar-refractivity contribution in [3.05, 3.63) is 187 Å². The van der Waals surface area contributed by atoms with Gasteiger partial charge < -0.3 is 4.57 Å². The molecule has 5 heteroatoms. The van der Waals surface area contributed by atoms with Crippen molar-refractivity contribution in [3.63, 3.8) is 0 Å². The summed E-state index contributed by atoms with van der Waals surface area (Å²) in [5, 5.41) is 5.19. The molecule has 2 heterocycles. The number of thiophene rings is 1. The number of hydrogen-bond donors (Lipinski definition) is 0. The van der Waals surface area contributed by atoms with E-state index in [0.717, 1.165) is 33.5 Å². The molecule has 0 aliphatic rings. The van der Waals surface area contributed by atoms with Crippen LogP contribution in [0.25, 0.3) is 58.8 Å². The lowest BCUT2D eigenvalue weighted by atomic mass is 10.0. The third-order valence-corrected chi connectivity index (χ3v) is 10.6. The monoisotopic (exact) mass is 672 g/mol. The van der Waals surface area contributed by atoms with E-state index in [1.54, 1.807) is 0 Å². The molecule has 0 unspecified atom stereocenters. The molecule has 0 radical (unpaired) electrons. The molecule has 0 saturated heterocycles. The van der Waals surface area contributed by atoms with Gasteiger partial charge in [-0.25, -0.2) is 9.98 Å². The average Bonchev–Trinajstić information content (AvgIpc) is 3.75. The number of benzene rings is 7. The Bertz CT molecular complexity index is 2790. The van der Waals surface area contributed by atoms with Crippen LogP contribution in [0.5, 0.6) is 0 Å². The number of aliphatic imine (C=N–C) groups is 3. The smallest absolute Gasteiger partial charge is 0.161 e. The summed E-state index contributed by atoms with van der Waals surface area (Å²) in [7, 11) is 0. The summed E-state index contributed by atoms with van der Waals surface area (Å²) in [5.41, 5.74) is 8.60. The van der Waals surface area contributed by atoms with Crippen LogP contribution in [0.15, 0.2) is 185 Å². The van der Waals surface area contributed by atoms with Crippen molar-refractivity contribution in [3.8, 4) is 16.8 Å². The third-order valence-electron chi connectivity index (χ3n) is 9.39. The minimum Gasteiger partial charge on any atom is -0.309 e. The molecule has 0 saturated carbocycles. The summed E-state index contributed by atoms with van der Waals surface area (Å²) in [6, 6.07) is 59.4. The molecule has 9 aromatic rings. The van der Waals surface area contributed by atoms with Gasteiger partial charge in [0.1, 0.15) is 0 Å². The van der Waals surface area contributed by atoms with E-state index in [9.17, 15) is 0 Å². The molecule has 0 bridgehead atoms. The predicted octanol–water partition coefficient (Wildman–Crippen LogP) is 11.9. The summed E-state index contributed by atoms with van der Waals surface area (Å²) in [5.74, 6) is 1.15. The zero-order valence-corrected chi connectivity index (χ0v) is 28.6. The first-order valence-corrected chi connectivity index (χ1v) is 17.8. The fourth-order valence-corrected chi connectivity index (χ4v) is 8.25. The lowest BCUT2D eigenvalue weighted by Crippen LogP contribution is -2.05. The van der Waals surface area contributed by atoms with Gasteiger partial charge >= 0.3 is 0 Å². The maximum absolute atomic E-state index is 4.99. The number of para-hydroxylation sites is 1. The van der Waals surface area contributed by atoms with Gasteiger partial charge in [-0.2, -0.15) is 0 Å². The van der Waals surface area contributed by atoms with Crippen LogP contribution >= 0.6 is 11.3 Å². The molecule has 0 fully saturated rings. The largest absolute Gasteiger partial charge is 0.309 e. The maximum atomic E-state index is 4.99. The van der Waals surface area contributed by atoms with E-state index in [4.69, 9.17) is 9.98 Å². The summed E-state index contributed by atoms with van der Waals surface area (Å²) in [6.45, 7) is 4.42. The summed E-state index contributed by atoms with van der Waals surface area (Å²) in [6.07, 6.45) is 0. The van der Waals surface area contributed by atoms with Crippen LogP contribution in [0, 0.1) is 0 Å². The van der Waals surface area contributed by atoms with Crippen molar-refractivity contribution in [1.29, 1.82) is 0 Å². The first kappa shape index (κ1) is 30.6. The molecule has 2 aromatic heterocycles. The van der Waals surface area contributed by atoms with Gasteiger partial charge in [0.2, 0.25) is 0 Å². The Labute approximate surface area is 300 Å². The van der Waals surface area contributed by atoms with Crippen molar-refractivity contribution in [2.24, 2.45) is 15.0 Å². The zero-order chi connectivity index (χ0) is 34.1. The second kappa shape index (κ2) is 13.1. The highest BCUT2D eigenvalue weighted by Crippen LogP contribution is 2.43. The third kappa shape index (κ3) is 5.64. The van der Waals surface area contributed by atoms with Gasteiger partial charge in [0, 0.05) is 47.8 Å². The van der Waals surface area contributed by atoms with Crippen LogP contribution in [0.3, 0.4) is 0 Å². The van der Waals surface area contributed by atoms with Crippen molar-refractivity contribution in [2.75, 3.05) is 0 Å². The average molecular weight is 673 g/mol. The number of amidine groups is 2. The van der Waals surface area contributed by atoms with Crippen LogP contribution in [-0.2, 0) is 6.54 Å². The van der Waals surface area contributed by atoms with E-state index in [1.807, 2.05) is 65.9 Å². The zero-order valence-electron chi connectivity index (χ0n) is 27.8. The Hall–Kier alpha value is -6.43. The Balaban J connectivity index is 1.13. The molecule has 0 atom stereocenters. The van der Waals surface area contributed by atoms with E-state index < -0.39 is 0 Å². The quantitative estimate of drug-likeness (QED) is 0.125. The molecule has 0 aliphatic heterocycles. The second-order valence-electron chi connectivity index (χ2n) is 12.5. The summed E-state index contributed by atoms with van der Waals surface area (Å²) in [4.78, 5) is 14.3. The number of fused-ring (bicyclic) bond motifs is 7. The molecule has 242 valence electrons. The first-order chi connectivity index (χ1) is 25.2. The molecular weight excluding hydrogens is 641 g/mol. The van der Waals surface area contributed by atoms with Crippen LogP contribution in [0.2, 0.25) is 0 Å². The number of hydrogen-bond acceptors (Lipinski definition) is 2. The van der Waals surface area contributed by atoms with Gasteiger partial charge in [-0.1, -0.05) is 133 Å².